The van der Waals surface area contributed by atoms with E-state index in [-0.39, 0.29) is 48.1 Å². The molecule has 7 aliphatic carbocycles. The number of fused-ring (bicyclic) bond motifs is 7. The van der Waals surface area contributed by atoms with E-state index in [4.69, 9.17) is 14.2 Å². The van der Waals surface area contributed by atoms with Crippen LogP contribution >= 0.6 is 0 Å². The number of allylic oxidation sites excluding steroid dienone is 1. The van der Waals surface area contributed by atoms with Crippen molar-refractivity contribution in [3.05, 3.63) is 48.6 Å². The monoisotopic (exact) mass is 975 g/mol. The summed E-state index contributed by atoms with van der Waals surface area (Å²) in [5, 5.41) is 5.98. The van der Waals surface area contributed by atoms with Crippen LogP contribution in [0.25, 0.3) is 0 Å². The highest BCUT2D eigenvalue weighted by Crippen LogP contribution is 2.71. The lowest BCUT2D eigenvalue weighted by atomic mass is 9.38. The maximum absolute atomic E-state index is 12.1. The van der Waals surface area contributed by atoms with Crippen LogP contribution in [0.5, 0.6) is 0 Å². The maximum Gasteiger partial charge on any atom is 0.309 e. The maximum atomic E-state index is 12.1. The summed E-state index contributed by atoms with van der Waals surface area (Å²) in [5.74, 6) is 5.84. The molecule has 15 unspecified atom stereocenters. The van der Waals surface area contributed by atoms with Crippen molar-refractivity contribution in [2.75, 3.05) is 20.2 Å². The summed E-state index contributed by atoms with van der Waals surface area (Å²) >= 11 is 0. The molecule has 70 heavy (non-hydrogen) atoms. The number of ether oxygens (including phenoxy) is 3. The highest BCUT2D eigenvalue weighted by atomic mass is 16.5. The van der Waals surface area contributed by atoms with Crippen LogP contribution in [-0.4, -0.2) is 63.5 Å². The lowest BCUT2D eigenvalue weighted by molar-refractivity contribution is -0.197. The van der Waals surface area contributed by atoms with Gasteiger partial charge in [-0.25, -0.2) is 0 Å². The van der Waals surface area contributed by atoms with Gasteiger partial charge in [-0.15, -0.1) is 6.58 Å². The minimum Gasteiger partial charge on any atom is -0.466 e. The van der Waals surface area contributed by atoms with Crippen molar-refractivity contribution in [3.8, 4) is 0 Å². The number of esters is 2. The van der Waals surface area contributed by atoms with Gasteiger partial charge in [0.05, 0.1) is 18.4 Å². The lowest BCUT2D eigenvalue weighted by Gasteiger charge is -2.67. The third-order valence-electron chi connectivity index (χ3n) is 20.3. The molecule has 10 nitrogen and oxygen atoms in total. The van der Waals surface area contributed by atoms with Crippen molar-refractivity contribution in [2.45, 2.75) is 191 Å². The van der Waals surface area contributed by atoms with Gasteiger partial charge in [0.25, 0.3) is 6.47 Å². The largest absolute Gasteiger partial charge is 0.466 e. The molecule has 8 rings (SSSR count). The van der Waals surface area contributed by atoms with Gasteiger partial charge in [-0.3, -0.25) is 19.2 Å². The second-order valence-corrected chi connectivity index (χ2v) is 23.8. The fourth-order valence-electron chi connectivity index (χ4n) is 15.9. The fourth-order valence-corrected chi connectivity index (χ4v) is 15.9. The van der Waals surface area contributed by atoms with Crippen molar-refractivity contribution >= 4 is 31.1 Å². The molecule has 0 bridgehead atoms. The van der Waals surface area contributed by atoms with E-state index in [1.807, 2.05) is 51.2 Å². The lowest BCUT2D eigenvalue weighted by Crippen LogP contribution is -2.61. The van der Waals surface area contributed by atoms with Gasteiger partial charge >= 0.3 is 11.9 Å². The molecule has 1 aromatic carbocycles. The predicted octanol–water partition coefficient (Wildman–Crippen LogP) is 12.4. The Balaban J connectivity index is 0.000000230. The molecule has 16 atom stereocenters. The second kappa shape index (κ2) is 26.4. The zero-order valence-corrected chi connectivity index (χ0v) is 44.6. The summed E-state index contributed by atoms with van der Waals surface area (Å²) in [7, 11) is 2.01. The van der Waals surface area contributed by atoms with Crippen molar-refractivity contribution in [1.82, 2.24) is 10.6 Å². The zero-order valence-electron chi connectivity index (χ0n) is 44.6. The standard InChI is InChI=1S/C26H40O3.C16H30N2O3.C14H18O2.C3H6.CH4/c1-17-19-8-12-25(3)20-9-14-26(15-27)11-4-5-21(26)18(20)6-7-23(25)24(19,2)13-10-22(17)29-16-28;1-5-21-15(20)12(8-9-18-11-19)6-7-13-10-14(17-4)16(13,2)3;1-10-8-13(11(10)2)14(15)16-9-12-6-4-3-5-7-12;1-3-2;/h15-23H,4-14H2,1-3H3;11-14,17H,5-10H2,1-4H3,(H,18,19);3-7,10-11,13H,8-9H2,1-2H3;3H,1H2,2H3;1H4/t17?,18?,19?,20?,21-,22?,23?,24?,25?,26?;;;;/m1..../s1. The van der Waals surface area contributed by atoms with Gasteiger partial charge in [-0.1, -0.05) is 98.7 Å². The topological polar surface area (TPSA) is 137 Å². The fraction of sp³-hybridized carbons (Fsp3) is 0.783. The summed E-state index contributed by atoms with van der Waals surface area (Å²) in [6.07, 6.45) is 22.3. The average Bonchev–Trinajstić information content (AvgIpc) is 3.79. The molecule has 0 spiro atoms. The van der Waals surface area contributed by atoms with Crippen LogP contribution in [0.15, 0.2) is 43.0 Å². The van der Waals surface area contributed by atoms with Crippen molar-refractivity contribution in [2.24, 2.45) is 86.8 Å². The molecule has 1 aromatic rings. The number of carbonyl (C=O) groups excluding carboxylic acids is 5. The molecule has 0 radical (unpaired) electrons. The molecule has 7 saturated carbocycles. The number of amides is 1. The molecule has 10 heteroatoms. The second-order valence-electron chi connectivity index (χ2n) is 23.8. The summed E-state index contributed by atoms with van der Waals surface area (Å²) < 4.78 is 16.0. The van der Waals surface area contributed by atoms with E-state index >= 15 is 0 Å². The van der Waals surface area contributed by atoms with E-state index in [1.165, 1.54) is 64.1 Å². The SMILES string of the molecule is C.C=CC.CC1C(OC=O)CCC2(C)C1CCC1(C)C3CCC4(C=O)CCC[C@@H]4C3CCC21.CC1CC(C(=O)OCc2ccccc2)C1C.CCOC(=O)C(CCNC=O)CCC1CC(NC)C1(C)C. The van der Waals surface area contributed by atoms with Gasteiger partial charge < -0.3 is 29.6 Å². The highest BCUT2D eigenvalue weighted by Gasteiger charge is 2.65. The summed E-state index contributed by atoms with van der Waals surface area (Å²) in [6, 6.07) is 10.4. The number of rotatable bonds is 16. The molecular formula is C60H98N2O8. The third kappa shape index (κ3) is 12.8. The van der Waals surface area contributed by atoms with E-state index in [9.17, 15) is 24.0 Å². The average molecular weight is 975 g/mol. The Bertz CT molecular complexity index is 1820. The smallest absolute Gasteiger partial charge is 0.309 e. The predicted molar refractivity (Wildman–Crippen MR) is 281 cm³/mol. The van der Waals surface area contributed by atoms with Gasteiger partial charge in [-0.2, -0.15) is 0 Å². The Labute approximate surface area is 425 Å². The van der Waals surface area contributed by atoms with Crippen LogP contribution in [0.3, 0.4) is 0 Å². The van der Waals surface area contributed by atoms with Crippen molar-refractivity contribution < 1.29 is 38.2 Å². The van der Waals surface area contributed by atoms with E-state index in [2.05, 4.69) is 65.7 Å². The molecule has 2 N–H and O–H groups in total. The van der Waals surface area contributed by atoms with Crippen LogP contribution in [0, 0.1) is 86.8 Å². The van der Waals surface area contributed by atoms with Gasteiger partial charge in [-0.05, 0) is 192 Å². The van der Waals surface area contributed by atoms with E-state index in [0.29, 0.717) is 91.4 Å². The number of nitrogens with one attached hydrogen (secondary N) is 2. The Morgan fingerprint density at radius 1 is 0.829 bits per heavy atom. The quantitative estimate of drug-likeness (QED) is 0.0545. The number of hydrogen-bond donors (Lipinski definition) is 2. The summed E-state index contributed by atoms with van der Waals surface area (Å²) in [4.78, 5) is 57.2. The molecule has 7 fully saturated rings. The van der Waals surface area contributed by atoms with Crippen molar-refractivity contribution in [1.29, 1.82) is 0 Å². The number of carbonyl (C=O) groups is 5. The normalized spacial score (nSPS) is 37.4. The van der Waals surface area contributed by atoms with Crippen molar-refractivity contribution in [3.63, 3.8) is 0 Å². The van der Waals surface area contributed by atoms with E-state index in [1.54, 1.807) is 6.08 Å². The molecule has 0 aromatic heterocycles. The Kier molecular flexibility index (Phi) is 22.3. The molecule has 1 amide bonds. The molecule has 0 aliphatic heterocycles. The third-order valence-corrected chi connectivity index (χ3v) is 20.3. The molecule has 7 aliphatic rings. The molecular weight excluding hydrogens is 877 g/mol. The van der Waals surface area contributed by atoms with Gasteiger partial charge in [0.1, 0.15) is 19.0 Å². The zero-order chi connectivity index (χ0) is 50.6. The van der Waals surface area contributed by atoms with Crippen LogP contribution in [-0.2, 0) is 44.8 Å². The van der Waals surface area contributed by atoms with Gasteiger partial charge in [0.15, 0.2) is 0 Å². The Hall–Kier alpha value is -3.53. The molecule has 396 valence electrons. The van der Waals surface area contributed by atoms with Gasteiger partial charge in [0.2, 0.25) is 6.41 Å². The van der Waals surface area contributed by atoms with Crippen LogP contribution in [0.2, 0.25) is 0 Å². The number of hydrogen-bond acceptors (Lipinski definition) is 9. The van der Waals surface area contributed by atoms with E-state index in [0.717, 1.165) is 61.8 Å². The minimum atomic E-state index is -0.132. The first kappa shape index (κ1) is 59.0. The first-order chi connectivity index (χ1) is 33.0. The molecule has 0 saturated heterocycles. The minimum absolute atomic E-state index is 0. The van der Waals surface area contributed by atoms with Crippen LogP contribution < -0.4 is 10.6 Å². The van der Waals surface area contributed by atoms with E-state index < -0.39 is 0 Å². The first-order valence-electron chi connectivity index (χ1n) is 27.3. The number of aldehydes is 1. The Morgan fingerprint density at radius 3 is 2.10 bits per heavy atom. The highest BCUT2D eigenvalue weighted by molar-refractivity contribution is 5.74. The molecule has 0 heterocycles. The Morgan fingerprint density at radius 2 is 1.50 bits per heavy atom. The van der Waals surface area contributed by atoms with Crippen LogP contribution in [0.1, 0.15) is 178 Å². The first-order valence-corrected chi connectivity index (χ1v) is 27.3. The van der Waals surface area contributed by atoms with Crippen LogP contribution in [0.4, 0.5) is 0 Å². The van der Waals surface area contributed by atoms with Gasteiger partial charge in [0, 0.05) is 18.0 Å². The summed E-state index contributed by atoms with van der Waals surface area (Å²) in [5.41, 5.74) is 2.19. The summed E-state index contributed by atoms with van der Waals surface area (Å²) in [6.45, 7) is 25.5. The number of benzene rings is 1.